The number of benzene rings is 2. The topological polar surface area (TPSA) is 30.7 Å². The molecule has 0 unspecified atom stereocenters. The van der Waals surface area contributed by atoms with E-state index in [-0.39, 0.29) is 5.82 Å². The molecule has 3 rings (SSSR count). The molecule has 1 heterocycles. The van der Waals surface area contributed by atoms with E-state index < -0.39 is 0 Å². The van der Waals surface area contributed by atoms with Crippen molar-refractivity contribution < 1.29 is 4.39 Å². The highest BCUT2D eigenvalue weighted by Crippen LogP contribution is 2.26. The third-order valence-electron chi connectivity index (χ3n) is 3.14. The fraction of sp³-hybridized carbons (Fsp3) is 0.125. The predicted octanol–water partition coefficient (Wildman–Crippen LogP) is 4.66. The lowest BCUT2D eigenvalue weighted by atomic mass is 10.2. The number of rotatable bonds is 4. The zero-order chi connectivity index (χ0) is 15.5. The lowest BCUT2D eigenvalue weighted by Gasteiger charge is -2.08. The van der Waals surface area contributed by atoms with Crippen LogP contribution in [-0.2, 0) is 5.75 Å². The highest BCUT2D eigenvalue weighted by atomic mass is 35.5. The van der Waals surface area contributed by atoms with Crippen molar-refractivity contribution >= 4 is 23.4 Å². The molecule has 0 aliphatic heterocycles. The van der Waals surface area contributed by atoms with Crippen molar-refractivity contribution in [2.24, 2.45) is 0 Å². The minimum absolute atomic E-state index is 0.261. The van der Waals surface area contributed by atoms with Gasteiger partial charge in [0, 0.05) is 16.5 Å². The van der Waals surface area contributed by atoms with E-state index in [0.717, 1.165) is 28.0 Å². The summed E-state index contributed by atoms with van der Waals surface area (Å²) in [6, 6.07) is 14.0. The number of hydrogen-bond acceptors (Lipinski definition) is 3. The molecule has 22 heavy (non-hydrogen) atoms. The summed E-state index contributed by atoms with van der Waals surface area (Å²) < 4.78 is 15.0. The highest BCUT2D eigenvalue weighted by Gasteiger charge is 2.11. The lowest BCUT2D eigenvalue weighted by Crippen LogP contribution is -1.99. The van der Waals surface area contributed by atoms with Crippen molar-refractivity contribution in [3.63, 3.8) is 0 Å². The van der Waals surface area contributed by atoms with E-state index in [1.807, 2.05) is 35.8 Å². The molecule has 3 nitrogen and oxygen atoms in total. The Bertz CT molecular complexity index is 786. The van der Waals surface area contributed by atoms with E-state index in [0.29, 0.717) is 5.02 Å². The molecule has 0 bridgehead atoms. The van der Waals surface area contributed by atoms with Gasteiger partial charge >= 0.3 is 0 Å². The number of aryl methyl sites for hydroxylation is 1. The van der Waals surface area contributed by atoms with Gasteiger partial charge in [-0.25, -0.2) is 4.39 Å². The van der Waals surface area contributed by atoms with Crippen LogP contribution in [0.15, 0.2) is 53.7 Å². The zero-order valence-corrected chi connectivity index (χ0v) is 13.4. The molecule has 0 fully saturated rings. The van der Waals surface area contributed by atoms with Gasteiger partial charge in [0.1, 0.15) is 11.6 Å². The second kappa shape index (κ2) is 6.50. The Morgan fingerprint density at radius 2 is 1.91 bits per heavy atom. The Morgan fingerprint density at radius 3 is 2.64 bits per heavy atom. The molecular weight excluding hydrogens is 321 g/mol. The maximum Gasteiger partial charge on any atom is 0.196 e. The van der Waals surface area contributed by atoms with Gasteiger partial charge in [0.2, 0.25) is 0 Å². The fourth-order valence-electron chi connectivity index (χ4n) is 2.10. The average Bonchev–Trinajstić information content (AvgIpc) is 2.87. The fourth-order valence-corrected chi connectivity index (χ4v) is 3.25. The Morgan fingerprint density at radius 1 is 1.14 bits per heavy atom. The van der Waals surface area contributed by atoms with E-state index in [1.165, 1.54) is 12.1 Å². The first-order chi connectivity index (χ1) is 10.6. The van der Waals surface area contributed by atoms with Gasteiger partial charge in [0.25, 0.3) is 0 Å². The van der Waals surface area contributed by atoms with E-state index in [9.17, 15) is 4.39 Å². The van der Waals surface area contributed by atoms with E-state index >= 15 is 0 Å². The van der Waals surface area contributed by atoms with Crippen LogP contribution in [-0.4, -0.2) is 14.8 Å². The Labute approximate surface area is 137 Å². The van der Waals surface area contributed by atoms with Crippen molar-refractivity contribution in [1.82, 2.24) is 14.8 Å². The van der Waals surface area contributed by atoms with Gasteiger partial charge in [-0.2, -0.15) is 0 Å². The monoisotopic (exact) mass is 333 g/mol. The van der Waals surface area contributed by atoms with Crippen LogP contribution >= 0.6 is 23.4 Å². The Balaban J connectivity index is 1.84. The van der Waals surface area contributed by atoms with Gasteiger partial charge in [-0.15, -0.1) is 10.2 Å². The normalized spacial score (nSPS) is 10.9. The largest absolute Gasteiger partial charge is 0.274 e. The van der Waals surface area contributed by atoms with E-state index in [4.69, 9.17) is 11.6 Å². The third-order valence-corrected chi connectivity index (χ3v) is 4.37. The lowest BCUT2D eigenvalue weighted by molar-refractivity contribution is 0.627. The SMILES string of the molecule is Cc1nnc(SCc2cccc(Cl)c2)n1-c1ccc(F)cc1. The summed E-state index contributed by atoms with van der Waals surface area (Å²) in [6.45, 7) is 1.87. The molecular formula is C16H13ClFN3S. The summed E-state index contributed by atoms with van der Waals surface area (Å²) >= 11 is 7.56. The molecule has 0 amide bonds. The van der Waals surface area contributed by atoms with Crippen LogP contribution in [0.2, 0.25) is 5.02 Å². The first-order valence-corrected chi connectivity index (χ1v) is 8.05. The molecule has 1 aromatic heterocycles. The summed E-state index contributed by atoms with van der Waals surface area (Å²) in [7, 11) is 0. The van der Waals surface area contributed by atoms with Crippen molar-refractivity contribution in [1.29, 1.82) is 0 Å². The smallest absolute Gasteiger partial charge is 0.196 e. The molecule has 2 aromatic carbocycles. The van der Waals surface area contributed by atoms with Crippen LogP contribution in [0.5, 0.6) is 0 Å². The molecule has 112 valence electrons. The van der Waals surface area contributed by atoms with Crippen LogP contribution in [0.25, 0.3) is 5.69 Å². The molecule has 0 saturated carbocycles. The van der Waals surface area contributed by atoms with Gasteiger partial charge < -0.3 is 0 Å². The summed E-state index contributed by atoms with van der Waals surface area (Å²) in [5, 5.41) is 9.80. The third kappa shape index (κ3) is 3.31. The predicted molar refractivity (Wildman–Crippen MR) is 87.1 cm³/mol. The summed E-state index contributed by atoms with van der Waals surface area (Å²) in [5.74, 6) is 1.24. The maximum absolute atomic E-state index is 13.1. The van der Waals surface area contributed by atoms with Crippen LogP contribution < -0.4 is 0 Å². The molecule has 0 atom stereocenters. The molecule has 0 aliphatic carbocycles. The average molecular weight is 334 g/mol. The molecule has 0 radical (unpaired) electrons. The quantitative estimate of drug-likeness (QED) is 0.650. The Kier molecular flexibility index (Phi) is 4.45. The molecule has 6 heteroatoms. The minimum Gasteiger partial charge on any atom is -0.274 e. The molecule has 0 aliphatic rings. The van der Waals surface area contributed by atoms with Gasteiger partial charge in [-0.05, 0) is 48.9 Å². The minimum atomic E-state index is -0.261. The summed E-state index contributed by atoms with van der Waals surface area (Å²) in [6.07, 6.45) is 0. The van der Waals surface area contributed by atoms with Gasteiger partial charge in [-0.3, -0.25) is 4.57 Å². The summed E-state index contributed by atoms with van der Waals surface area (Å²) in [4.78, 5) is 0. The summed E-state index contributed by atoms with van der Waals surface area (Å²) in [5.41, 5.74) is 1.96. The number of halogens is 2. The van der Waals surface area contributed by atoms with Crippen LogP contribution in [0.1, 0.15) is 11.4 Å². The van der Waals surface area contributed by atoms with E-state index in [1.54, 1.807) is 23.9 Å². The van der Waals surface area contributed by atoms with Crippen molar-refractivity contribution in [3.05, 3.63) is 70.8 Å². The first kappa shape index (κ1) is 15.1. The molecule has 3 aromatic rings. The van der Waals surface area contributed by atoms with E-state index in [2.05, 4.69) is 10.2 Å². The first-order valence-electron chi connectivity index (χ1n) is 6.69. The highest BCUT2D eigenvalue weighted by molar-refractivity contribution is 7.98. The standard InChI is InChI=1S/C16H13ClFN3S/c1-11-19-20-16(21(11)15-7-5-14(18)6-8-15)22-10-12-3-2-4-13(17)9-12/h2-9H,10H2,1H3. The van der Waals surface area contributed by atoms with Crippen LogP contribution in [0.3, 0.4) is 0 Å². The second-order valence-electron chi connectivity index (χ2n) is 4.76. The zero-order valence-electron chi connectivity index (χ0n) is 11.8. The number of nitrogens with zero attached hydrogens (tertiary/aromatic N) is 3. The van der Waals surface area contributed by atoms with Crippen LogP contribution in [0, 0.1) is 12.7 Å². The van der Waals surface area contributed by atoms with Gasteiger partial charge in [0.15, 0.2) is 5.16 Å². The second-order valence-corrected chi connectivity index (χ2v) is 6.14. The number of thioether (sulfide) groups is 1. The van der Waals surface area contributed by atoms with Gasteiger partial charge in [0.05, 0.1) is 0 Å². The van der Waals surface area contributed by atoms with Crippen molar-refractivity contribution in [3.8, 4) is 5.69 Å². The number of aromatic nitrogens is 3. The molecule has 0 saturated heterocycles. The van der Waals surface area contributed by atoms with Crippen molar-refractivity contribution in [2.45, 2.75) is 17.8 Å². The molecule has 0 spiro atoms. The Hall–Kier alpha value is -1.85. The number of hydrogen-bond donors (Lipinski definition) is 0. The van der Waals surface area contributed by atoms with Crippen molar-refractivity contribution in [2.75, 3.05) is 0 Å². The van der Waals surface area contributed by atoms with Gasteiger partial charge in [-0.1, -0.05) is 35.5 Å². The maximum atomic E-state index is 13.1. The molecule has 0 N–H and O–H groups in total. The van der Waals surface area contributed by atoms with Crippen LogP contribution in [0.4, 0.5) is 4.39 Å².